The first kappa shape index (κ1) is 13.9. The van der Waals surface area contributed by atoms with E-state index in [-0.39, 0.29) is 0 Å². The van der Waals surface area contributed by atoms with Gasteiger partial charge in [0.15, 0.2) is 0 Å². The van der Waals surface area contributed by atoms with Crippen molar-refractivity contribution in [2.75, 3.05) is 26.2 Å². The molecular formula is C17H32N2. The Morgan fingerprint density at radius 3 is 2.16 bits per heavy atom. The fourth-order valence-corrected chi connectivity index (χ4v) is 4.93. The summed E-state index contributed by atoms with van der Waals surface area (Å²) in [7, 11) is 0. The Morgan fingerprint density at radius 1 is 0.684 bits per heavy atom. The van der Waals surface area contributed by atoms with Crippen LogP contribution in [0.1, 0.15) is 58.8 Å². The fourth-order valence-electron chi connectivity index (χ4n) is 4.93. The highest BCUT2D eigenvalue weighted by atomic mass is 15.3. The monoisotopic (exact) mass is 264 g/mol. The van der Waals surface area contributed by atoms with Crippen molar-refractivity contribution in [2.24, 2.45) is 11.8 Å². The standard InChI is InChI=1S/C17H32N2/c1-14-10-15(2)12-17(11-14)19-9-5-8-18-7-4-3-6-16(18)13-19/h14-17H,3-13H2,1-2H3. The number of fused-ring (bicyclic) bond motifs is 1. The van der Waals surface area contributed by atoms with E-state index < -0.39 is 0 Å². The number of nitrogens with zero attached hydrogens (tertiary/aromatic N) is 2. The molecule has 3 aliphatic rings. The summed E-state index contributed by atoms with van der Waals surface area (Å²) in [6.45, 7) is 10.4. The SMILES string of the molecule is CC1CC(C)CC(N2CCCN3CCCCC3C2)C1. The van der Waals surface area contributed by atoms with E-state index in [0.717, 1.165) is 23.9 Å². The summed E-state index contributed by atoms with van der Waals surface area (Å²) < 4.78 is 0. The maximum atomic E-state index is 2.88. The van der Waals surface area contributed by atoms with E-state index >= 15 is 0 Å². The summed E-state index contributed by atoms with van der Waals surface area (Å²) >= 11 is 0. The zero-order chi connectivity index (χ0) is 13.2. The van der Waals surface area contributed by atoms with Gasteiger partial charge in [-0.25, -0.2) is 0 Å². The Balaban J connectivity index is 1.63. The van der Waals surface area contributed by atoms with Gasteiger partial charge in [-0.15, -0.1) is 0 Å². The van der Waals surface area contributed by atoms with Crippen LogP contribution in [-0.2, 0) is 0 Å². The summed E-state index contributed by atoms with van der Waals surface area (Å²) in [4.78, 5) is 5.67. The Hall–Kier alpha value is -0.0800. The molecule has 2 saturated heterocycles. The molecule has 2 nitrogen and oxygen atoms in total. The lowest BCUT2D eigenvalue weighted by Crippen LogP contribution is -2.48. The van der Waals surface area contributed by atoms with Crippen LogP contribution in [0.2, 0.25) is 0 Å². The molecule has 0 aromatic heterocycles. The maximum absolute atomic E-state index is 2.88. The van der Waals surface area contributed by atoms with Gasteiger partial charge in [0.05, 0.1) is 0 Å². The molecule has 0 aromatic carbocycles. The van der Waals surface area contributed by atoms with Crippen molar-refractivity contribution in [1.82, 2.24) is 9.80 Å². The van der Waals surface area contributed by atoms with Crippen molar-refractivity contribution in [1.29, 1.82) is 0 Å². The van der Waals surface area contributed by atoms with E-state index in [0.29, 0.717) is 0 Å². The third-order valence-corrected chi connectivity index (χ3v) is 5.76. The van der Waals surface area contributed by atoms with Gasteiger partial charge in [0.2, 0.25) is 0 Å². The lowest BCUT2D eigenvalue weighted by Gasteiger charge is -2.41. The summed E-state index contributed by atoms with van der Waals surface area (Å²) in [5.41, 5.74) is 0. The van der Waals surface area contributed by atoms with Crippen molar-refractivity contribution >= 4 is 0 Å². The maximum Gasteiger partial charge on any atom is 0.0223 e. The van der Waals surface area contributed by atoms with Crippen LogP contribution < -0.4 is 0 Å². The molecule has 3 rings (SSSR count). The van der Waals surface area contributed by atoms with E-state index in [1.807, 2.05) is 0 Å². The highest BCUT2D eigenvalue weighted by Gasteiger charge is 2.33. The highest BCUT2D eigenvalue weighted by Crippen LogP contribution is 2.33. The molecule has 3 unspecified atom stereocenters. The van der Waals surface area contributed by atoms with Crippen molar-refractivity contribution in [2.45, 2.75) is 70.9 Å². The average molecular weight is 264 g/mol. The van der Waals surface area contributed by atoms with Gasteiger partial charge in [0, 0.05) is 18.6 Å². The highest BCUT2D eigenvalue weighted by molar-refractivity contribution is 4.88. The van der Waals surface area contributed by atoms with Gasteiger partial charge < -0.3 is 0 Å². The molecule has 2 heterocycles. The summed E-state index contributed by atoms with van der Waals surface area (Å²) in [5, 5.41) is 0. The van der Waals surface area contributed by atoms with E-state index in [9.17, 15) is 0 Å². The van der Waals surface area contributed by atoms with Gasteiger partial charge in [-0.3, -0.25) is 9.80 Å². The number of piperidine rings is 1. The molecule has 0 amide bonds. The number of hydrogen-bond donors (Lipinski definition) is 0. The molecule has 3 fully saturated rings. The zero-order valence-corrected chi connectivity index (χ0v) is 13.0. The van der Waals surface area contributed by atoms with Crippen LogP contribution in [0, 0.1) is 11.8 Å². The minimum atomic E-state index is 0.879. The second-order valence-electron chi connectivity index (χ2n) is 7.61. The smallest absolute Gasteiger partial charge is 0.0223 e. The Labute approximate surface area is 119 Å². The molecule has 0 spiro atoms. The topological polar surface area (TPSA) is 6.48 Å². The van der Waals surface area contributed by atoms with Crippen LogP contribution >= 0.6 is 0 Å². The molecule has 1 aliphatic carbocycles. The normalized spacial score (nSPS) is 42.6. The van der Waals surface area contributed by atoms with Crippen molar-refractivity contribution in [3.05, 3.63) is 0 Å². The van der Waals surface area contributed by atoms with Crippen LogP contribution in [0.3, 0.4) is 0 Å². The molecule has 3 atom stereocenters. The van der Waals surface area contributed by atoms with Crippen molar-refractivity contribution in [3.63, 3.8) is 0 Å². The summed E-state index contributed by atoms with van der Waals surface area (Å²) in [6.07, 6.45) is 10.1. The lowest BCUT2D eigenvalue weighted by atomic mass is 9.79. The molecule has 2 aliphatic heterocycles. The minimum Gasteiger partial charge on any atom is -0.299 e. The predicted octanol–water partition coefficient (Wildman–Crippen LogP) is 3.37. The Morgan fingerprint density at radius 2 is 1.37 bits per heavy atom. The van der Waals surface area contributed by atoms with Gasteiger partial charge in [0.1, 0.15) is 0 Å². The molecule has 0 bridgehead atoms. The van der Waals surface area contributed by atoms with E-state index in [2.05, 4.69) is 23.6 Å². The molecule has 1 saturated carbocycles. The van der Waals surface area contributed by atoms with Gasteiger partial charge >= 0.3 is 0 Å². The quantitative estimate of drug-likeness (QED) is 0.716. The Bertz CT molecular complexity index is 281. The Kier molecular flexibility index (Phi) is 4.48. The van der Waals surface area contributed by atoms with Crippen LogP contribution in [0.4, 0.5) is 0 Å². The summed E-state index contributed by atoms with van der Waals surface area (Å²) in [5.74, 6) is 1.89. The second-order valence-corrected chi connectivity index (χ2v) is 7.61. The number of rotatable bonds is 1. The molecule has 19 heavy (non-hydrogen) atoms. The minimum absolute atomic E-state index is 0.879. The second kappa shape index (κ2) is 6.13. The number of hydrogen-bond acceptors (Lipinski definition) is 2. The van der Waals surface area contributed by atoms with Crippen LogP contribution in [0.5, 0.6) is 0 Å². The van der Waals surface area contributed by atoms with E-state index in [4.69, 9.17) is 0 Å². The third-order valence-electron chi connectivity index (χ3n) is 5.76. The van der Waals surface area contributed by atoms with Crippen molar-refractivity contribution < 1.29 is 0 Å². The van der Waals surface area contributed by atoms with Crippen LogP contribution in [0.25, 0.3) is 0 Å². The van der Waals surface area contributed by atoms with Crippen molar-refractivity contribution in [3.8, 4) is 0 Å². The molecule has 0 N–H and O–H groups in total. The van der Waals surface area contributed by atoms with Crippen LogP contribution in [0.15, 0.2) is 0 Å². The first-order chi connectivity index (χ1) is 9.22. The lowest BCUT2D eigenvalue weighted by molar-refractivity contribution is 0.0828. The largest absolute Gasteiger partial charge is 0.299 e. The first-order valence-corrected chi connectivity index (χ1v) is 8.70. The third kappa shape index (κ3) is 3.33. The zero-order valence-electron chi connectivity index (χ0n) is 13.0. The molecule has 0 radical (unpaired) electrons. The van der Waals surface area contributed by atoms with Gasteiger partial charge in [0.25, 0.3) is 0 Å². The first-order valence-electron chi connectivity index (χ1n) is 8.70. The van der Waals surface area contributed by atoms with Gasteiger partial charge in [-0.1, -0.05) is 20.3 Å². The molecular weight excluding hydrogens is 232 g/mol. The molecule has 110 valence electrons. The van der Waals surface area contributed by atoms with Gasteiger partial charge in [-0.2, -0.15) is 0 Å². The van der Waals surface area contributed by atoms with E-state index in [1.54, 1.807) is 0 Å². The fraction of sp³-hybridized carbons (Fsp3) is 1.00. The predicted molar refractivity (Wildman–Crippen MR) is 81.4 cm³/mol. The van der Waals surface area contributed by atoms with Gasteiger partial charge in [-0.05, 0) is 70.0 Å². The average Bonchev–Trinajstić information content (AvgIpc) is 2.59. The van der Waals surface area contributed by atoms with Crippen LogP contribution in [-0.4, -0.2) is 48.1 Å². The summed E-state index contributed by atoms with van der Waals surface area (Å²) in [6, 6.07) is 1.77. The van der Waals surface area contributed by atoms with E-state index in [1.165, 1.54) is 71.1 Å². The molecule has 2 heteroatoms. The molecule has 0 aromatic rings.